The van der Waals surface area contributed by atoms with Crippen molar-refractivity contribution in [1.82, 2.24) is 14.5 Å². The van der Waals surface area contributed by atoms with Gasteiger partial charge in [-0.25, -0.2) is 4.98 Å². The summed E-state index contributed by atoms with van der Waals surface area (Å²) >= 11 is 0. The number of aryl methyl sites for hydroxylation is 1. The molecule has 0 bridgehead atoms. The number of aromatic amines is 1. The quantitative estimate of drug-likeness (QED) is 0.530. The van der Waals surface area contributed by atoms with Crippen molar-refractivity contribution in [2.45, 2.75) is 0 Å². The van der Waals surface area contributed by atoms with Crippen LogP contribution in [0.4, 0.5) is 0 Å². The number of carbonyl (C=O) groups is 1. The van der Waals surface area contributed by atoms with Gasteiger partial charge in [-0.05, 0) is 12.0 Å². The summed E-state index contributed by atoms with van der Waals surface area (Å²) in [7, 11) is 1.88. The lowest BCUT2D eigenvalue weighted by Gasteiger charge is -1.91. The molecule has 0 spiro atoms. The van der Waals surface area contributed by atoms with E-state index < -0.39 is 0 Å². The maximum Gasteiger partial charge on any atom is 0.167 e. The van der Waals surface area contributed by atoms with Gasteiger partial charge in [-0.3, -0.25) is 4.79 Å². The highest BCUT2D eigenvalue weighted by Crippen LogP contribution is 2.20. The molecule has 0 radical (unpaired) electrons. The van der Waals surface area contributed by atoms with Gasteiger partial charge in [0.1, 0.15) is 5.69 Å². The second-order valence-electron chi connectivity index (χ2n) is 4.22. The third kappa shape index (κ3) is 1.91. The largest absolute Gasteiger partial charge is 0.351 e. The van der Waals surface area contributed by atoms with Crippen LogP contribution in [0.5, 0.6) is 0 Å². The molecule has 4 heteroatoms. The van der Waals surface area contributed by atoms with Crippen molar-refractivity contribution in [2.75, 3.05) is 0 Å². The molecule has 0 saturated heterocycles. The minimum absolute atomic E-state index is 0.510. The van der Waals surface area contributed by atoms with Crippen LogP contribution in [0.3, 0.4) is 0 Å². The molecule has 92 valence electrons. The Hall–Kier alpha value is -2.80. The van der Waals surface area contributed by atoms with E-state index in [0.717, 1.165) is 28.4 Å². The van der Waals surface area contributed by atoms with Gasteiger partial charge in [-0.1, -0.05) is 24.1 Å². The van der Waals surface area contributed by atoms with Crippen LogP contribution >= 0.6 is 0 Å². The molecule has 4 nitrogen and oxygen atoms in total. The number of aldehydes is 1. The molecule has 0 fully saturated rings. The zero-order chi connectivity index (χ0) is 13.2. The van der Waals surface area contributed by atoms with Gasteiger partial charge in [0.25, 0.3) is 0 Å². The smallest absolute Gasteiger partial charge is 0.167 e. The van der Waals surface area contributed by atoms with Crippen LogP contribution in [0.15, 0.2) is 36.8 Å². The van der Waals surface area contributed by atoms with Crippen molar-refractivity contribution < 1.29 is 4.79 Å². The van der Waals surface area contributed by atoms with Gasteiger partial charge in [-0.2, -0.15) is 0 Å². The van der Waals surface area contributed by atoms with Crippen molar-refractivity contribution in [3.8, 4) is 11.8 Å². The molecule has 2 aromatic heterocycles. The first kappa shape index (κ1) is 11.3. The first-order valence-corrected chi connectivity index (χ1v) is 5.84. The number of H-pyrrole nitrogens is 1. The Kier molecular flexibility index (Phi) is 2.66. The average Bonchev–Trinajstić information content (AvgIpc) is 2.99. The number of imidazole rings is 1. The number of hydrogen-bond acceptors (Lipinski definition) is 2. The lowest BCUT2D eigenvalue weighted by Crippen LogP contribution is -1.89. The van der Waals surface area contributed by atoms with Gasteiger partial charge >= 0.3 is 0 Å². The number of carbonyl (C=O) groups excluding carboxylic acids is 1. The molecular formula is C15H11N3O. The number of nitrogens with zero attached hydrogens (tertiary/aromatic N) is 2. The van der Waals surface area contributed by atoms with Crippen LogP contribution in [0.1, 0.15) is 21.7 Å². The van der Waals surface area contributed by atoms with Crippen LogP contribution in [-0.2, 0) is 7.05 Å². The Balaban J connectivity index is 2.17. The molecule has 2 heterocycles. The average molecular weight is 249 g/mol. The molecule has 0 aliphatic rings. The molecule has 0 amide bonds. The summed E-state index contributed by atoms with van der Waals surface area (Å²) < 4.78 is 1.84. The fraction of sp³-hybridized carbons (Fsp3) is 0.0667. The standard InChI is InChI=1S/C15H11N3O/c1-18-10-16-8-11(18)6-7-13-12-4-2-3-5-14(12)17-15(13)9-19/h2-5,8-10,17H,1H3. The van der Waals surface area contributed by atoms with Crippen molar-refractivity contribution in [3.05, 3.63) is 53.7 Å². The summed E-state index contributed by atoms with van der Waals surface area (Å²) in [6, 6.07) is 7.73. The number of fused-ring (bicyclic) bond motifs is 1. The predicted molar refractivity (Wildman–Crippen MR) is 72.9 cm³/mol. The molecule has 1 N–H and O–H groups in total. The zero-order valence-electron chi connectivity index (χ0n) is 10.3. The Morgan fingerprint density at radius 1 is 1.32 bits per heavy atom. The number of nitrogens with one attached hydrogen (secondary N) is 1. The normalized spacial score (nSPS) is 10.2. The molecular weight excluding hydrogens is 238 g/mol. The summed E-state index contributed by atoms with van der Waals surface area (Å²) in [6.07, 6.45) is 4.19. The van der Waals surface area contributed by atoms with Crippen LogP contribution in [0, 0.1) is 11.8 Å². The fourth-order valence-electron chi connectivity index (χ4n) is 1.99. The van der Waals surface area contributed by atoms with E-state index in [1.54, 1.807) is 12.5 Å². The highest BCUT2D eigenvalue weighted by atomic mass is 16.1. The minimum Gasteiger partial charge on any atom is -0.351 e. The molecule has 0 unspecified atom stereocenters. The summed E-state index contributed by atoms with van der Waals surface area (Å²) in [6.45, 7) is 0. The van der Waals surface area contributed by atoms with Crippen LogP contribution in [0.2, 0.25) is 0 Å². The monoisotopic (exact) mass is 249 g/mol. The summed E-state index contributed by atoms with van der Waals surface area (Å²) in [5, 5.41) is 0.958. The Morgan fingerprint density at radius 3 is 2.89 bits per heavy atom. The van der Waals surface area contributed by atoms with E-state index in [9.17, 15) is 4.79 Å². The molecule has 0 saturated carbocycles. The fourth-order valence-corrected chi connectivity index (χ4v) is 1.99. The van der Waals surface area contributed by atoms with Crippen molar-refractivity contribution >= 4 is 17.2 Å². The lowest BCUT2D eigenvalue weighted by molar-refractivity contribution is 0.111. The molecule has 3 aromatic rings. The first-order chi connectivity index (χ1) is 9.29. The van der Waals surface area contributed by atoms with E-state index in [1.165, 1.54) is 0 Å². The molecule has 0 aliphatic heterocycles. The topological polar surface area (TPSA) is 50.7 Å². The van der Waals surface area contributed by atoms with Gasteiger partial charge in [-0.15, -0.1) is 0 Å². The van der Waals surface area contributed by atoms with Crippen LogP contribution in [-0.4, -0.2) is 20.8 Å². The van der Waals surface area contributed by atoms with Gasteiger partial charge in [0.2, 0.25) is 0 Å². The van der Waals surface area contributed by atoms with E-state index >= 15 is 0 Å². The Labute approximate surface area is 110 Å². The number of para-hydroxylation sites is 1. The summed E-state index contributed by atoms with van der Waals surface area (Å²) in [5.74, 6) is 6.09. The Bertz CT molecular complexity index is 815. The highest BCUT2D eigenvalue weighted by molar-refractivity contribution is 5.95. The van der Waals surface area contributed by atoms with Gasteiger partial charge in [0.15, 0.2) is 6.29 Å². The molecule has 19 heavy (non-hydrogen) atoms. The van der Waals surface area contributed by atoms with Crippen LogP contribution < -0.4 is 0 Å². The predicted octanol–water partition coefficient (Wildman–Crippen LogP) is 2.11. The highest BCUT2D eigenvalue weighted by Gasteiger charge is 2.07. The SMILES string of the molecule is Cn1cncc1C#Cc1c(C=O)[nH]c2ccccc12. The lowest BCUT2D eigenvalue weighted by atomic mass is 10.1. The first-order valence-electron chi connectivity index (χ1n) is 5.84. The van der Waals surface area contributed by atoms with Gasteiger partial charge < -0.3 is 9.55 Å². The maximum atomic E-state index is 11.1. The second kappa shape index (κ2) is 4.46. The van der Waals surface area contributed by atoms with Gasteiger partial charge in [0.05, 0.1) is 23.8 Å². The zero-order valence-corrected chi connectivity index (χ0v) is 10.3. The second-order valence-corrected chi connectivity index (χ2v) is 4.22. The van der Waals surface area contributed by atoms with E-state index in [2.05, 4.69) is 21.8 Å². The molecule has 0 aliphatic carbocycles. The van der Waals surface area contributed by atoms with E-state index in [0.29, 0.717) is 5.69 Å². The minimum atomic E-state index is 0.510. The molecule has 1 aromatic carbocycles. The number of rotatable bonds is 1. The Morgan fingerprint density at radius 2 is 2.16 bits per heavy atom. The summed E-state index contributed by atoms with van der Waals surface area (Å²) in [4.78, 5) is 18.2. The number of aromatic nitrogens is 3. The van der Waals surface area contributed by atoms with E-state index in [-0.39, 0.29) is 0 Å². The van der Waals surface area contributed by atoms with E-state index in [4.69, 9.17) is 0 Å². The van der Waals surface area contributed by atoms with E-state index in [1.807, 2.05) is 35.9 Å². The third-order valence-corrected chi connectivity index (χ3v) is 2.99. The number of benzene rings is 1. The van der Waals surface area contributed by atoms with Gasteiger partial charge in [0, 0.05) is 18.0 Å². The molecule has 0 atom stereocenters. The van der Waals surface area contributed by atoms with Crippen molar-refractivity contribution in [3.63, 3.8) is 0 Å². The van der Waals surface area contributed by atoms with Crippen LogP contribution in [0.25, 0.3) is 10.9 Å². The molecule has 3 rings (SSSR count). The third-order valence-electron chi connectivity index (χ3n) is 2.99. The maximum absolute atomic E-state index is 11.1. The van der Waals surface area contributed by atoms with Crippen molar-refractivity contribution in [1.29, 1.82) is 0 Å². The van der Waals surface area contributed by atoms with Crippen molar-refractivity contribution in [2.24, 2.45) is 7.05 Å². The summed E-state index contributed by atoms with van der Waals surface area (Å²) in [5.41, 5.74) is 2.96. The number of hydrogen-bond donors (Lipinski definition) is 1.